The van der Waals surface area contributed by atoms with Crippen LogP contribution in [0.4, 0.5) is 0 Å². The van der Waals surface area contributed by atoms with Gasteiger partial charge >= 0.3 is 0 Å². The molecule has 1 rings (SSSR count). The third kappa shape index (κ3) is 2.45. The molecule has 1 saturated heterocycles. The summed E-state index contributed by atoms with van der Waals surface area (Å²) in [6.45, 7) is 2.14. The lowest BCUT2D eigenvalue weighted by Crippen LogP contribution is -2.47. The van der Waals surface area contributed by atoms with E-state index in [9.17, 15) is 14.7 Å². The van der Waals surface area contributed by atoms with Crippen molar-refractivity contribution < 1.29 is 14.7 Å². The number of aliphatic hydroxyl groups is 1. The second kappa shape index (κ2) is 4.62. The minimum atomic E-state index is -1.02. The summed E-state index contributed by atoms with van der Waals surface area (Å²) < 4.78 is 0. The summed E-state index contributed by atoms with van der Waals surface area (Å²) in [5, 5.41) is 9.25. The Morgan fingerprint density at radius 1 is 1.77 bits per heavy atom. The van der Waals surface area contributed by atoms with E-state index < -0.39 is 12.0 Å². The number of rotatable bonds is 2. The maximum Gasteiger partial charge on any atom is 0.258 e. The number of aliphatic hydroxyl groups excluding tert-OH is 1. The van der Waals surface area contributed by atoms with Gasteiger partial charge in [0.25, 0.3) is 5.91 Å². The van der Waals surface area contributed by atoms with Gasteiger partial charge in [-0.15, -0.1) is 0 Å². The molecule has 4 nitrogen and oxygen atoms in total. The average molecular weight is 203 g/mol. The predicted molar refractivity (Wildman–Crippen MR) is 50.3 cm³/mol. The van der Waals surface area contributed by atoms with E-state index in [0.717, 1.165) is 10.7 Å². The van der Waals surface area contributed by atoms with E-state index in [1.165, 1.54) is 11.8 Å². The molecule has 0 aromatic heterocycles. The van der Waals surface area contributed by atoms with Crippen molar-refractivity contribution >= 4 is 23.6 Å². The lowest BCUT2D eigenvalue weighted by atomic mass is 10.2. The van der Waals surface area contributed by atoms with Crippen molar-refractivity contribution in [3.8, 4) is 0 Å². The van der Waals surface area contributed by atoms with E-state index in [1.807, 2.05) is 0 Å². The molecular weight excluding hydrogens is 190 g/mol. The molecular formula is C8H13NO3S. The number of thioether (sulfide) groups is 1. The van der Waals surface area contributed by atoms with Gasteiger partial charge in [-0.3, -0.25) is 14.5 Å². The van der Waals surface area contributed by atoms with Crippen LogP contribution in [0.25, 0.3) is 0 Å². The first kappa shape index (κ1) is 10.5. The molecule has 1 atom stereocenters. The molecule has 5 heteroatoms. The summed E-state index contributed by atoms with van der Waals surface area (Å²) in [4.78, 5) is 23.8. The van der Waals surface area contributed by atoms with E-state index in [-0.39, 0.29) is 5.91 Å². The van der Waals surface area contributed by atoms with Crippen LogP contribution < -0.4 is 0 Å². The molecule has 74 valence electrons. The van der Waals surface area contributed by atoms with Crippen LogP contribution in [0.5, 0.6) is 0 Å². The molecule has 0 aromatic carbocycles. The molecule has 1 unspecified atom stereocenters. The maximum absolute atomic E-state index is 11.4. The smallest absolute Gasteiger partial charge is 0.258 e. The number of amides is 2. The van der Waals surface area contributed by atoms with Gasteiger partial charge < -0.3 is 5.11 Å². The number of hydrogen-bond donors (Lipinski definition) is 1. The fourth-order valence-electron chi connectivity index (χ4n) is 1.11. The van der Waals surface area contributed by atoms with Gasteiger partial charge in [0.1, 0.15) is 6.10 Å². The van der Waals surface area contributed by atoms with Crippen LogP contribution in [0, 0.1) is 0 Å². The highest BCUT2D eigenvalue weighted by Gasteiger charge is 2.28. The molecule has 0 saturated carbocycles. The fourth-order valence-corrected chi connectivity index (χ4v) is 1.89. The van der Waals surface area contributed by atoms with Crippen molar-refractivity contribution in [3.63, 3.8) is 0 Å². The van der Waals surface area contributed by atoms with Crippen molar-refractivity contribution in [1.29, 1.82) is 0 Å². The molecule has 0 aliphatic carbocycles. The fraction of sp³-hybridized carbons (Fsp3) is 0.750. The Morgan fingerprint density at radius 2 is 2.46 bits per heavy atom. The van der Waals surface area contributed by atoms with Gasteiger partial charge in [-0.2, -0.15) is 11.8 Å². The minimum absolute atomic E-state index is 0.186. The van der Waals surface area contributed by atoms with Gasteiger partial charge in [-0.25, -0.2) is 0 Å². The van der Waals surface area contributed by atoms with E-state index >= 15 is 0 Å². The van der Waals surface area contributed by atoms with E-state index in [1.54, 1.807) is 6.92 Å². The third-order valence-corrected chi connectivity index (χ3v) is 2.85. The first-order valence-corrected chi connectivity index (χ1v) is 5.42. The SMILES string of the molecule is CCC(O)C(=O)N1CCSCC1=O. The van der Waals surface area contributed by atoms with Crippen LogP contribution in [-0.2, 0) is 9.59 Å². The Bertz CT molecular complexity index is 219. The topological polar surface area (TPSA) is 57.6 Å². The summed E-state index contributed by atoms with van der Waals surface area (Å²) in [5.74, 6) is 0.484. The highest BCUT2D eigenvalue weighted by Crippen LogP contribution is 2.12. The van der Waals surface area contributed by atoms with Gasteiger partial charge in [0.05, 0.1) is 5.75 Å². The van der Waals surface area contributed by atoms with Crippen LogP contribution in [0.3, 0.4) is 0 Å². The van der Waals surface area contributed by atoms with Crippen LogP contribution in [0.1, 0.15) is 13.3 Å². The predicted octanol–water partition coefficient (Wildman–Crippen LogP) is -0.141. The van der Waals surface area contributed by atoms with E-state index in [0.29, 0.717) is 18.7 Å². The van der Waals surface area contributed by atoms with Crippen LogP contribution in [0.15, 0.2) is 0 Å². The molecule has 1 N–H and O–H groups in total. The zero-order chi connectivity index (χ0) is 9.84. The number of nitrogens with zero attached hydrogens (tertiary/aromatic N) is 1. The van der Waals surface area contributed by atoms with Crippen molar-refractivity contribution in [2.24, 2.45) is 0 Å². The zero-order valence-corrected chi connectivity index (χ0v) is 8.34. The van der Waals surface area contributed by atoms with Gasteiger partial charge in [0, 0.05) is 12.3 Å². The van der Waals surface area contributed by atoms with Gasteiger partial charge in [0.2, 0.25) is 5.91 Å². The summed E-state index contributed by atoms with van der Waals surface area (Å²) >= 11 is 1.52. The Kier molecular flexibility index (Phi) is 3.74. The molecule has 0 spiro atoms. The van der Waals surface area contributed by atoms with Crippen molar-refractivity contribution in [3.05, 3.63) is 0 Å². The highest BCUT2D eigenvalue weighted by molar-refractivity contribution is 8.00. The minimum Gasteiger partial charge on any atom is -0.383 e. The quantitative estimate of drug-likeness (QED) is 0.678. The Labute approximate surface area is 81.3 Å². The standard InChI is InChI=1S/C8H13NO3S/c1-2-6(10)8(12)9-3-4-13-5-7(9)11/h6,10H,2-5H2,1H3. The summed E-state index contributed by atoms with van der Waals surface area (Å²) in [7, 11) is 0. The number of carbonyl (C=O) groups is 2. The van der Waals surface area contributed by atoms with E-state index in [2.05, 4.69) is 0 Å². The maximum atomic E-state index is 11.4. The van der Waals surface area contributed by atoms with Crippen LogP contribution in [-0.4, -0.2) is 46.0 Å². The summed E-state index contributed by atoms with van der Waals surface area (Å²) in [6.07, 6.45) is -0.664. The first-order chi connectivity index (χ1) is 6.16. The Morgan fingerprint density at radius 3 is 3.00 bits per heavy atom. The first-order valence-electron chi connectivity index (χ1n) is 4.26. The molecule has 0 aromatic rings. The van der Waals surface area contributed by atoms with Gasteiger partial charge in [0.15, 0.2) is 0 Å². The molecule has 0 bridgehead atoms. The molecule has 1 aliphatic rings. The molecule has 13 heavy (non-hydrogen) atoms. The van der Waals surface area contributed by atoms with Crippen molar-refractivity contribution in [2.45, 2.75) is 19.4 Å². The lowest BCUT2D eigenvalue weighted by Gasteiger charge is -2.26. The van der Waals surface area contributed by atoms with Crippen LogP contribution in [0.2, 0.25) is 0 Å². The zero-order valence-electron chi connectivity index (χ0n) is 7.52. The normalized spacial score (nSPS) is 20.2. The van der Waals surface area contributed by atoms with Crippen LogP contribution >= 0.6 is 11.8 Å². The second-order valence-corrected chi connectivity index (χ2v) is 3.97. The number of imide groups is 1. The Balaban J connectivity index is 2.58. The van der Waals surface area contributed by atoms with Gasteiger partial charge in [-0.05, 0) is 6.42 Å². The molecule has 0 radical (unpaired) electrons. The third-order valence-electron chi connectivity index (χ3n) is 1.92. The number of hydrogen-bond acceptors (Lipinski definition) is 4. The molecule has 1 heterocycles. The average Bonchev–Trinajstić information content (AvgIpc) is 2.16. The lowest BCUT2D eigenvalue weighted by molar-refractivity contribution is -0.149. The van der Waals surface area contributed by atoms with Crippen molar-refractivity contribution in [1.82, 2.24) is 4.90 Å². The summed E-state index contributed by atoms with van der Waals surface area (Å²) in [5.41, 5.74) is 0. The van der Waals surface area contributed by atoms with E-state index in [4.69, 9.17) is 0 Å². The molecule has 1 aliphatic heterocycles. The van der Waals surface area contributed by atoms with Crippen molar-refractivity contribution in [2.75, 3.05) is 18.1 Å². The Hall–Kier alpha value is -0.550. The number of carbonyl (C=O) groups excluding carboxylic acids is 2. The second-order valence-electron chi connectivity index (χ2n) is 2.86. The molecule has 1 fully saturated rings. The van der Waals surface area contributed by atoms with Gasteiger partial charge in [-0.1, -0.05) is 6.92 Å². The monoisotopic (exact) mass is 203 g/mol. The largest absolute Gasteiger partial charge is 0.383 e. The summed E-state index contributed by atoms with van der Waals surface area (Å²) in [6, 6.07) is 0. The molecule has 2 amide bonds. The highest BCUT2D eigenvalue weighted by atomic mass is 32.2.